The van der Waals surface area contributed by atoms with Gasteiger partial charge < -0.3 is 10.8 Å². The number of primary amides is 1. The SMILES string of the molecule is NC(=O)C1(O)CCCN(Cc2ccc(F)cc2F)C1. The van der Waals surface area contributed by atoms with Crippen LogP contribution >= 0.6 is 0 Å². The maximum absolute atomic E-state index is 13.5. The van der Waals surface area contributed by atoms with Gasteiger partial charge in [-0.2, -0.15) is 0 Å². The van der Waals surface area contributed by atoms with E-state index in [0.717, 1.165) is 6.07 Å². The topological polar surface area (TPSA) is 66.6 Å². The van der Waals surface area contributed by atoms with Crippen LogP contribution in [0.1, 0.15) is 18.4 Å². The van der Waals surface area contributed by atoms with Gasteiger partial charge in [0.15, 0.2) is 5.60 Å². The minimum absolute atomic E-state index is 0.0686. The second-order valence-corrected chi connectivity index (χ2v) is 4.95. The molecule has 0 saturated carbocycles. The molecule has 2 rings (SSSR count). The Morgan fingerprint density at radius 1 is 1.47 bits per heavy atom. The summed E-state index contributed by atoms with van der Waals surface area (Å²) >= 11 is 0. The third-order valence-corrected chi connectivity index (χ3v) is 3.42. The summed E-state index contributed by atoms with van der Waals surface area (Å²) in [5.74, 6) is -2.03. The summed E-state index contributed by atoms with van der Waals surface area (Å²) in [5, 5.41) is 10.0. The van der Waals surface area contributed by atoms with E-state index in [2.05, 4.69) is 0 Å². The first-order valence-electron chi connectivity index (χ1n) is 6.09. The minimum atomic E-state index is -1.56. The molecule has 1 aliphatic rings. The second kappa shape index (κ2) is 5.22. The van der Waals surface area contributed by atoms with Crippen LogP contribution in [-0.4, -0.2) is 34.6 Å². The van der Waals surface area contributed by atoms with Crippen molar-refractivity contribution in [1.29, 1.82) is 0 Å². The Bertz CT molecular complexity index is 496. The van der Waals surface area contributed by atoms with Crippen LogP contribution in [0.2, 0.25) is 0 Å². The van der Waals surface area contributed by atoms with Gasteiger partial charge in [-0.1, -0.05) is 6.07 Å². The lowest BCUT2D eigenvalue weighted by Gasteiger charge is -2.37. The van der Waals surface area contributed by atoms with Crippen LogP contribution in [-0.2, 0) is 11.3 Å². The van der Waals surface area contributed by atoms with Crippen LogP contribution in [0.15, 0.2) is 18.2 Å². The lowest BCUT2D eigenvalue weighted by Crippen LogP contribution is -2.55. The van der Waals surface area contributed by atoms with Gasteiger partial charge in [0.2, 0.25) is 0 Å². The molecular formula is C13H16F2N2O2. The predicted molar refractivity (Wildman–Crippen MR) is 65.0 cm³/mol. The van der Waals surface area contributed by atoms with Crippen LogP contribution in [0.3, 0.4) is 0 Å². The third kappa shape index (κ3) is 3.08. The summed E-state index contributed by atoms with van der Waals surface area (Å²) in [6, 6.07) is 3.37. The van der Waals surface area contributed by atoms with Gasteiger partial charge in [-0.3, -0.25) is 9.69 Å². The third-order valence-electron chi connectivity index (χ3n) is 3.42. The van der Waals surface area contributed by atoms with Crippen molar-refractivity contribution in [2.75, 3.05) is 13.1 Å². The molecule has 1 unspecified atom stereocenters. The van der Waals surface area contributed by atoms with E-state index < -0.39 is 23.1 Å². The average molecular weight is 270 g/mol. The fourth-order valence-electron chi connectivity index (χ4n) is 2.35. The van der Waals surface area contributed by atoms with Crippen molar-refractivity contribution in [2.24, 2.45) is 5.73 Å². The van der Waals surface area contributed by atoms with Crippen molar-refractivity contribution in [1.82, 2.24) is 4.90 Å². The van der Waals surface area contributed by atoms with Gasteiger partial charge in [0.05, 0.1) is 0 Å². The van der Waals surface area contributed by atoms with Gasteiger partial charge in [0.25, 0.3) is 5.91 Å². The van der Waals surface area contributed by atoms with Crippen molar-refractivity contribution in [3.05, 3.63) is 35.4 Å². The summed E-state index contributed by atoms with van der Waals surface area (Å²) in [5.41, 5.74) is 3.94. The normalized spacial score (nSPS) is 24.4. The van der Waals surface area contributed by atoms with Crippen LogP contribution in [0.5, 0.6) is 0 Å². The monoisotopic (exact) mass is 270 g/mol. The maximum atomic E-state index is 13.5. The standard InChI is InChI=1S/C13H16F2N2O2/c14-10-3-2-9(11(15)6-10)7-17-5-1-4-13(19,8-17)12(16)18/h2-3,6,19H,1,4-5,7-8H2,(H2,16,18). The minimum Gasteiger partial charge on any atom is -0.379 e. The Kier molecular flexibility index (Phi) is 3.82. The lowest BCUT2D eigenvalue weighted by atomic mass is 9.92. The summed E-state index contributed by atoms with van der Waals surface area (Å²) < 4.78 is 26.3. The first-order chi connectivity index (χ1) is 8.90. The molecule has 1 fully saturated rings. The van der Waals surface area contributed by atoms with E-state index >= 15 is 0 Å². The molecule has 19 heavy (non-hydrogen) atoms. The molecule has 6 heteroatoms. The van der Waals surface area contributed by atoms with Crippen molar-refractivity contribution in [3.63, 3.8) is 0 Å². The number of aliphatic hydroxyl groups is 1. The average Bonchev–Trinajstić information content (AvgIpc) is 2.33. The van der Waals surface area contributed by atoms with Gasteiger partial charge in [-0.15, -0.1) is 0 Å². The number of hydrogen-bond acceptors (Lipinski definition) is 3. The molecule has 4 nitrogen and oxygen atoms in total. The molecular weight excluding hydrogens is 254 g/mol. The quantitative estimate of drug-likeness (QED) is 0.853. The molecule has 1 saturated heterocycles. The highest BCUT2D eigenvalue weighted by Crippen LogP contribution is 2.23. The molecule has 1 atom stereocenters. The van der Waals surface area contributed by atoms with E-state index in [9.17, 15) is 18.7 Å². The van der Waals surface area contributed by atoms with Gasteiger partial charge in [-0.05, 0) is 25.5 Å². The Balaban J connectivity index is 2.09. The molecule has 104 valence electrons. The fourth-order valence-corrected chi connectivity index (χ4v) is 2.35. The van der Waals surface area contributed by atoms with Crippen molar-refractivity contribution < 1.29 is 18.7 Å². The molecule has 0 aliphatic carbocycles. The number of likely N-dealkylation sites (tertiary alicyclic amines) is 1. The van der Waals surface area contributed by atoms with Crippen LogP contribution in [0.4, 0.5) is 8.78 Å². The summed E-state index contributed by atoms with van der Waals surface area (Å²) in [7, 11) is 0. The van der Waals surface area contributed by atoms with E-state index in [0.29, 0.717) is 24.9 Å². The number of benzene rings is 1. The number of carbonyl (C=O) groups is 1. The highest BCUT2D eigenvalue weighted by molar-refractivity contribution is 5.83. The van der Waals surface area contributed by atoms with E-state index in [1.54, 1.807) is 4.90 Å². The number of halogens is 2. The van der Waals surface area contributed by atoms with Crippen LogP contribution in [0, 0.1) is 11.6 Å². The van der Waals surface area contributed by atoms with E-state index in [1.165, 1.54) is 12.1 Å². The number of amides is 1. The number of nitrogens with zero attached hydrogens (tertiary/aromatic N) is 1. The van der Waals surface area contributed by atoms with Crippen molar-refractivity contribution in [3.8, 4) is 0 Å². The van der Waals surface area contributed by atoms with Crippen molar-refractivity contribution >= 4 is 5.91 Å². The van der Waals surface area contributed by atoms with Gasteiger partial charge in [-0.25, -0.2) is 8.78 Å². The van der Waals surface area contributed by atoms with Crippen LogP contribution < -0.4 is 5.73 Å². The Hall–Kier alpha value is -1.53. The van der Waals surface area contributed by atoms with E-state index in [1.807, 2.05) is 0 Å². The molecule has 1 aromatic carbocycles. The number of nitrogens with two attached hydrogens (primary N) is 1. The Morgan fingerprint density at radius 2 is 2.21 bits per heavy atom. The fraction of sp³-hybridized carbons (Fsp3) is 0.462. The largest absolute Gasteiger partial charge is 0.379 e. The zero-order valence-electron chi connectivity index (χ0n) is 10.4. The predicted octanol–water partition coefficient (Wildman–Crippen LogP) is 0.777. The number of carbonyl (C=O) groups excluding carboxylic acids is 1. The number of rotatable bonds is 3. The molecule has 1 amide bonds. The molecule has 1 aromatic rings. The van der Waals surface area contributed by atoms with Gasteiger partial charge in [0, 0.05) is 24.7 Å². The van der Waals surface area contributed by atoms with Crippen LogP contribution in [0.25, 0.3) is 0 Å². The number of piperidine rings is 1. The molecule has 0 bridgehead atoms. The first-order valence-corrected chi connectivity index (χ1v) is 6.09. The Morgan fingerprint density at radius 3 is 2.84 bits per heavy atom. The molecule has 1 heterocycles. The zero-order valence-corrected chi connectivity index (χ0v) is 10.4. The molecule has 0 spiro atoms. The molecule has 3 N–H and O–H groups in total. The number of hydrogen-bond donors (Lipinski definition) is 2. The molecule has 0 radical (unpaired) electrons. The zero-order chi connectivity index (χ0) is 14.0. The summed E-state index contributed by atoms with van der Waals surface area (Å²) in [4.78, 5) is 12.9. The molecule has 0 aromatic heterocycles. The second-order valence-electron chi connectivity index (χ2n) is 4.95. The molecule has 1 aliphatic heterocycles. The summed E-state index contributed by atoms with van der Waals surface area (Å²) in [6.07, 6.45) is 0.910. The highest BCUT2D eigenvalue weighted by Gasteiger charge is 2.38. The first kappa shape index (κ1) is 13.9. The maximum Gasteiger partial charge on any atom is 0.250 e. The smallest absolute Gasteiger partial charge is 0.250 e. The van der Waals surface area contributed by atoms with Gasteiger partial charge >= 0.3 is 0 Å². The highest BCUT2D eigenvalue weighted by atomic mass is 19.1. The van der Waals surface area contributed by atoms with Gasteiger partial charge in [0.1, 0.15) is 11.6 Å². The van der Waals surface area contributed by atoms with Crippen molar-refractivity contribution in [2.45, 2.75) is 25.0 Å². The van der Waals surface area contributed by atoms with E-state index in [4.69, 9.17) is 5.73 Å². The Labute approximate surface area is 109 Å². The van der Waals surface area contributed by atoms with E-state index in [-0.39, 0.29) is 13.1 Å². The summed E-state index contributed by atoms with van der Waals surface area (Å²) in [6.45, 7) is 0.910. The number of β-amino-alcohol motifs (C(OH)–C–C–N with tert-alkyl or cyclic N) is 1. The lowest BCUT2D eigenvalue weighted by molar-refractivity contribution is -0.142.